The van der Waals surface area contributed by atoms with Crippen molar-refractivity contribution in [3.05, 3.63) is 47.2 Å². The highest BCUT2D eigenvalue weighted by molar-refractivity contribution is 5.49. The summed E-state index contributed by atoms with van der Waals surface area (Å²) in [5.41, 5.74) is 1.36. The third-order valence-corrected chi connectivity index (χ3v) is 5.19. The maximum atomic E-state index is 13.4. The van der Waals surface area contributed by atoms with Crippen LogP contribution in [0.4, 0.5) is 10.3 Å². The van der Waals surface area contributed by atoms with Crippen molar-refractivity contribution < 1.29 is 8.81 Å². The highest BCUT2D eigenvalue weighted by atomic mass is 19.1. The summed E-state index contributed by atoms with van der Waals surface area (Å²) in [7, 11) is 0. The van der Waals surface area contributed by atoms with Gasteiger partial charge in [-0.25, -0.2) is 9.37 Å². The van der Waals surface area contributed by atoms with Crippen LogP contribution in [0.25, 0.3) is 0 Å². The van der Waals surface area contributed by atoms with Crippen molar-refractivity contribution in [3.8, 4) is 6.07 Å². The number of nitrogens with zero attached hydrogens (tertiary/aromatic N) is 3. The van der Waals surface area contributed by atoms with Crippen molar-refractivity contribution in [2.45, 2.75) is 38.0 Å². The van der Waals surface area contributed by atoms with Crippen LogP contribution in [0, 0.1) is 23.1 Å². The molecule has 0 bridgehead atoms. The Morgan fingerprint density at radius 3 is 2.79 bits per heavy atom. The summed E-state index contributed by atoms with van der Waals surface area (Å²) in [5.74, 6) is 2.12. The van der Waals surface area contributed by atoms with Crippen molar-refractivity contribution >= 4 is 5.88 Å². The molecule has 2 heterocycles. The zero-order valence-electron chi connectivity index (χ0n) is 13.7. The van der Waals surface area contributed by atoms with Gasteiger partial charge in [0.25, 0.3) is 0 Å². The normalized spacial score (nSPS) is 24.0. The van der Waals surface area contributed by atoms with Crippen LogP contribution >= 0.6 is 0 Å². The topological polar surface area (TPSA) is 53.1 Å². The molecule has 2 unspecified atom stereocenters. The van der Waals surface area contributed by atoms with Crippen LogP contribution in [0.2, 0.25) is 0 Å². The van der Waals surface area contributed by atoms with Crippen LogP contribution in [0.15, 0.2) is 28.7 Å². The van der Waals surface area contributed by atoms with Crippen molar-refractivity contribution in [2.24, 2.45) is 5.92 Å². The Bertz CT molecular complexity index is 786. The Morgan fingerprint density at radius 1 is 1.29 bits per heavy atom. The largest absolute Gasteiger partial charge is 0.423 e. The Labute approximate surface area is 140 Å². The van der Waals surface area contributed by atoms with Crippen molar-refractivity contribution in [1.82, 2.24) is 4.98 Å². The van der Waals surface area contributed by atoms with Gasteiger partial charge < -0.3 is 9.32 Å². The van der Waals surface area contributed by atoms with E-state index in [2.05, 4.69) is 22.9 Å². The summed E-state index contributed by atoms with van der Waals surface area (Å²) in [5, 5.41) is 9.39. The van der Waals surface area contributed by atoms with E-state index in [1.807, 2.05) is 6.07 Å². The molecule has 0 amide bonds. The van der Waals surface area contributed by atoms with Gasteiger partial charge in [0.05, 0.1) is 0 Å². The van der Waals surface area contributed by atoms with E-state index in [1.54, 1.807) is 12.1 Å². The number of benzene rings is 1. The number of nitriles is 1. The molecular weight excluding hydrogens is 305 g/mol. The second-order valence-corrected chi connectivity index (χ2v) is 6.99. The second-order valence-electron chi connectivity index (χ2n) is 6.99. The molecule has 1 aliphatic carbocycles. The average molecular weight is 325 g/mol. The minimum absolute atomic E-state index is 0.149. The fourth-order valence-corrected chi connectivity index (χ4v) is 3.56. The fourth-order valence-electron chi connectivity index (χ4n) is 3.56. The van der Waals surface area contributed by atoms with E-state index in [-0.39, 0.29) is 17.7 Å². The molecule has 0 radical (unpaired) electrons. The van der Waals surface area contributed by atoms with Crippen LogP contribution in [-0.4, -0.2) is 18.1 Å². The minimum Gasteiger partial charge on any atom is -0.423 e. The van der Waals surface area contributed by atoms with Gasteiger partial charge in [-0.05, 0) is 48.8 Å². The van der Waals surface area contributed by atoms with Gasteiger partial charge in [0.15, 0.2) is 0 Å². The Hall–Kier alpha value is -2.35. The molecule has 2 fully saturated rings. The van der Waals surface area contributed by atoms with Gasteiger partial charge in [0, 0.05) is 19.0 Å². The zero-order chi connectivity index (χ0) is 16.7. The number of hydrogen-bond donors (Lipinski definition) is 0. The van der Waals surface area contributed by atoms with Gasteiger partial charge in [-0.2, -0.15) is 5.26 Å². The van der Waals surface area contributed by atoms with Crippen LogP contribution in [0.1, 0.15) is 55.2 Å². The smallest absolute Gasteiger partial charge is 0.234 e. The monoisotopic (exact) mass is 325 g/mol. The minimum atomic E-state index is -0.216. The number of hydrogen-bond acceptors (Lipinski definition) is 4. The first-order chi connectivity index (χ1) is 11.7. The summed E-state index contributed by atoms with van der Waals surface area (Å²) >= 11 is 0. The first-order valence-corrected chi connectivity index (χ1v) is 8.57. The number of oxazole rings is 1. The second kappa shape index (κ2) is 5.94. The molecule has 1 aliphatic heterocycles. The average Bonchev–Trinajstić information content (AvgIpc) is 3.28. The molecule has 2 aromatic rings. The number of piperidine rings is 1. The van der Waals surface area contributed by atoms with Gasteiger partial charge >= 0.3 is 0 Å². The number of anilines is 1. The van der Waals surface area contributed by atoms with Crippen molar-refractivity contribution in [1.29, 1.82) is 5.26 Å². The van der Waals surface area contributed by atoms with E-state index in [9.17, 15) is 9.65 Å². The predicted octanol–water partition coefficient (Wildman–Crippen LogP) is 4.19. The molecule has 0 spiro atoms. The van der Waals surface area contributed by atoms with E-state index in [0.717, 1.165) is 43.8 Å². The van der Waals surface area contributed by atoms with Crippen LogP contribution in [-0.2, 0) is 0 Å². The Morgan fingerprint density at radius 2 is 2.08 bits per heavy atom. The summed E-state index contributed by atoms with van der Waals surface area (Å²) in [6.45, 7) is 4.06. The van der Waals surface area contributed by atoms with E-state index in [0.29, 0.717) is 17.5 Å². The van der Waals surface area contributed by atoms with Crippen molar-refractivity contribution in [3.63, 3.8) is 0 Å². The van der Waals surface area contributed by atoms with E-state index >= 15 is 0 Å². The lowest BCUT2D eigenvalue weighted by atomic mass is 9.99. The molecule has 1 saturated heterocycles. The lowest BCUT2D eigenvalue weighted by molar-refractivity contribution is 0.408. The van der Waals surface area contributed by atoms with Crippen LogP contribution in [0.3, 0.4) is 0 Å². The SMILES string of the molecule is CC1CCN(c2oc(C3CC3c3cccc(F)c3)nc2C#N)CC1. The summed E-state index contributed by atoms with van der Waals surface area (Å²) in [6, 6.07) is 8.87. The van der Waals surface area contributed by atoms with Gasteiger partial charge in [-0.15, -0.1) is 0 Å². The third kappa shape index (κ3) is 2.77. The zero-order valence-corrected chi connectivity index (χ0v) is 13.7. The number of rotatable bonds is 3. The molecule has 1 saturated carbocycles. The van der Waals surface area contributed by atoms with Crippen LogP contribution in [0.5, 0.6) is 0 Å². The predicted molar refractivity (Wildman–Crippen MR) is 88.3 cm³/mol. The maximum Gasteiger partial charge on any atom is 0.234 e. The molecule has 2 aliphatic rings. The highest BCUT2D eigenvalue weighted by Crippen LogP contribution is 2.55. The number of aromatic nitrogens is 1. The van der Waals surface area contributed by atoms with Crippen LogP contribution < -0.4 is 4.90 Å². The quantitative estimate of drug-likeness (QED) is 0.849. The molecule has 0 N–H and O–H groups in total. The Kier molecular flexibility index (Phi) is 3.76. The molecule has 1 aromatic heterocycles. The molecule has 4 rings (SSSR count). The maximum absolute atomic E-state index is 13.4. The first kappa shape index (κ1) is 15.2. The van der Waals surface area contributed by atoms with E-state index < -0.39 is 0 Å². The van der Waals surface area contributed by atoms with Gasteiger partial charge in [-0.1, -0.05) is 19.1 Å². The molecule has 2 atom stereocenters. The highest BCUT2D eigenvalue weighted by Gasteiger charge is 2.44. The van der Waals surface area contributed by atoms with Gasteiger partial charge in [0.1, 0.15) is 11.9 Å². The Balaban J connectivity index is 1.54. The fraction of sp³-hybridized carbons (Fsp3) is 0.474. The molecule has 4 nitrogen and oxygen atoms in total. The first-order valence-electron chi connectivity index (χ1n) is 8.57. The molecular formula is C19H20FN3O. The van der Waals surface area contributed by atoms with E-state index in [4.69, 9.17) is 4.42 Å². The summed E-state index contributed by atoms with van der Waals surface area (Å²) in [6.07, 6.45) is 3.11. The molecule has 1 aromatic carbocycles. The van der Waals surface area contributed by atoms with Gasteiger partial charge in [0.2, 0.25) is 17.5 Å². The van der Waals surface area contributed by atoms with Crippen molar-refractivity contribution in [2.75, 3.05) is 18.0 Å². The standard InChI is InChI=1S/C19H20FN3O/c1-12-5-7-23(8-6-12)19-17(11-21)22-18(24-19)16-10-15(16)13-3-2-4-14(20)9-13/h2-4,9,12,15-16H,5-8,10H2,1H3. The molecule has 24 heavy (non-hydrogen) atoms. The lowest BCUT2D eigenvalue weighted by Gasteiger charge is -2.29. The molecule has 5 heteroatoms. The lowest BCUT2D eigenvalue weighted by Crippen LogP contribution is -2.32. The van der Waals surface area contributed by atoms with E-state index in [1.165, 1.54) is 6.07 Å². The number of halogens is 1. The third-order valence-electron chi connectivity index (χ3n) is 5.19. The summed E-state index contributed by atoms with van der Waals surface area (Å²) < 4.78 is 19.4. The summed E-state index contributed by atoms with van der Waals surface area (Å²) in [4.78, 5) is 6.55. The van der Waals surface area contributed by atoms with Gasteiger partial charge in [-0.3, -0.25) is 0 Å². The molecule has 124 valence electrons.